The summed E-state index contributed by atoms with van der Waals surface area (Å²) >= 11 is 0. The molecule has 0 spiro atoms. The van der Waals surface area contributed by atoms with E-state index in [0.29, 0.717) is 0 Å². The minimum absolute atomic E-state index is 0.186. The van der Waals surface area contributed by atoms with E-state index >= 15 is 0 Å². The largest absolute Gasteiger partial charge is 0.463 e. The number of hydrogen-bond acceptors (Lipinski definition) is 18. The Morgan fingerprint density at radius 1 is 0.776 bits per heavy atom. The molecule has 0 aliphatic carbocycles. The summed E-state index contributed by atoms with van der Waals surface area (Å²) in [5, 5.41) is 11.0. The number of nitrogens with two attached hydrogens (primary N) is 2. The summed E-state index contributed by atoms with van der Waals surface area (Å²) in [7, 11) is -7.42. The van der Waals surface area contributed by atoms with E-state index in [2.05, 4.69) is 4.98 Å². The maximum absolute atomic E-state index is 12.6. The Labute approximate surface area is 286 Å². The lowest BCUT2D eigenvalue weighted by atomic mass is 9.95. The van der Waals surface area contributed by atoms with Crippen LogP contribution < -0.4 is 11.5 Å². The summed E-state index contributed by atoms with van der Waals surface area (Å²) in [6.07, 6.45) is 2.17. The molecule has 1 rings (SSSR count). The zero-order chi connectivity index (χ0) is 37.6. The second-order valence-corrected chi connectivity index (χ2v) is 14.9. The van der Waals surface area contributed by atoms with Gasteiger partial charge >= 0.3 is 40.4 Å². The van der Waals surface area contributed by atoms with Gasteiger partial charge in [-0.25, -0.2) is 0 Å². The zero-order valence-corrected chi connectivity index (χ0v) is 30.9. The van der Waals surface area contributed by atoms with Crippen molar-refractivity contribution in [1.29, 1.82) is 0 Å². The van der Waals surface area contributed by atoms with Gasteiger partial charge in [0.1, 0.15) is 25.3 Å². The minimum Gasteiger partial charge on any atom is -0.463 e. The fraction of sp³-hybridized carbons (Fsp3) is 0.690. The molecule has 0 fully saturated rings. The van der Waals surface area contributed by atoms with Crippen molar-refractivity contribution in [3.05, 3.63) is 30.1 Å². The van der Waals surface area contributed by atoms with Crippen LogP contribution in [0.4, 0.5) is 0 Å². The van der Waals surface area contributed by atoms with Crippen molar-refractivity contribution in [3.63, 3.8) is 0 Å². The molecule has 2 unspecified atom stereocenters. The Hall–Kier alpha value is -2.79. The van der Waals surface area contributed by atoms with Crippen LogP contribution in [0.25, 0.3) is 0 Å². The molecule has 0 aliphatic heterocycles. The number of rotatable bonds is 22. The molecule has 0 saturated carbocycles. The molecule has 0 radical (unpaired) electrons. The molecule has 18 nitrogen and oxygen atoms in total. The molecule has 20 heteroatoms. The van der Waals surface area contributed by atoms with Crippen molar-refractivity contribution in [3.8, 4) is 0 Å². The molecule has 1 aromatic heterocycles. The van der Waals surface area contributed by atoms with Gasteiger partial charge in [-0.2, -0.15) is 0 Å². The first-order valence-electron chi connectivity index (χ1n) is 15.1. The molecule has 280 valence electrons. The van der Waals surface area contributed by atoms with Crippen molar-refractivity contribution in [2.75, 3.05) is 26.8 Å². The van der Waals surface area contributed by atoms with Crippen LogP contribution in [0.2, 0.25) is 0 Å². The van der Waals surface area contributed by atoms with Crippen LogP contribution in [0.3, 0.4) is 0 Å². The first-order chi connectivity index (χ1) is 22.6. The number of aliphatic hydroxyl groups is 1. The lowest BCUT2D eigenvalue weighted by Crippen LogP contribution is -2.40. The van der Waals surface area contributed by atoms with Crippen LogP contribution in [0.5, 0.6) is 0 Å². The van der Waals surface area contributed by atoms with E-state index in [1.165, 1.54) is 52.2 Å². The van der Waals surface area contributed by atoms with Crippen LogP contribution >= 0.6 is 16.5 Å². The predicted octanol–water partition coefficient (Wildman–Crippen LogP) is 2.22. The summed E-state index contributed by atoms with van der Waals surface area (Å²) in [5.41, 5.74) is 9.10. The Morgan fingerprint density at radius 3 is 1.53 bits per heavy atom. The second-order valence-electron chi connectivity index (χ2n) is 12.9. The molecule has 0 aliphatic rings. The van der Waals surface area contributed by atoms with E-state index < -0.39 is 89.3 Å². The predicted molar refractivity (Wildman–Crippen MR) is 172 cm³/mol. The SMILES string of the molecule is CC(C)[C@H](N)C(=O)OCC(C)(C)C(=O)OCO[PH](=O)OC(O)(Cc1cccnc1)O[PH](=O)OCOC(=O)C(C)(C)COC(=O)[C@@H](N)C(C)C. The highest BCUT2D eigenvalue weighted by atomic mass is 31.1. The van der Waals surface area contributed by atoms with Gasteiger partial charge in [-0.05, 0) is 51.2 Å². The van der Waals surface area contributed by atoms with Gasteiger partial charge in [0.05, 0.1) is 17.3 Å². The monoisotopic (exact) mass is 741 g/mol. The number of hydrogen-bond donors (Lipinski definition) is 3. The molecular weight excluding hydrogens is 692 g/mol. The number of esters is 4. The van der Waals surface area contributed by atoms with Gasteiger partial charge < -0.3 is 35.5 Å². The number of nitrogens with zero attached hydrogens (tertiary/aromatic N) is 1. The average molecular weight is 742 g/mol. The Balaban J connectivity index is 2.74. The molecule has 5 N–H and O–H groups in total. The standard InChI is InChI=1S/C29H49N3O15P2/c1-18(2)21(30)23(33)40-14-27(5,6)25(35)42-16-44-48(38)46-29(37,12-20-10-9-11-32-13-20)47-49(39)45-17-43-26(36)28(7,8)15-41-24(34)22(31)19(3)4/h9-11,13,18-19,21-22,37,48-49H,12,14-17,30-31H2,1-8H3/t21-,22-/m0/s1. The normalized spacial score (nSPS) is 15.9. The quantitative estimate of drug-likeness (QED) is 0.0666. The van der Waals surface area contributed by atoms with Crippen molar-refractivity contribution < 1.29 is 70.5 Å². The number of carbonyl (C=O) groups excluding carboxylic acids is 4. The van der Waals surface area contributed by atoms with Crippen molar-refractivity contribution in [1.82, 2.24) is 4.98 Å². The van der Waals surface area contributed by atoms with Crippen LogP contribution in [0.15, 0.2) is 24.5 Å². The lowest BCUT2D eigenvalue weighted by Gasteiger charge is -2.27. The minimum atomic E-state index is -3.71. The van der Waals surface area contributed by atoms with Gasteiger partial charge in [-0.15, -0.1) is 0 Å². The Kier molecular flexibility index (Phi) is 18.2. The Morgan fingerprint density at radius 2 is 1.18 bits per heavy atom. The van der Waals surface area contributed by atoms with Crippen LogP contribution in [0, 0.1) is 22.7 Å². The summed E-state index contributed by atoms with van der Waals surface area (Å²) in [4.78, 5) is 52.9. The first-order valence-corrected chi connectivity index (χ1v) is 17.6. The summed E-state index contributed by atoms with van der Waals surface area (Å²) in [6.45, 7) is 10.1. The van der Waals surface area contributed by atoms with Gasteiger partial charge in [-0.3, -0.25) is 51.4 Å². The highest BCUT2D eigenvalue weighted by Crippen LogP contribution is 2.40. The summed E-state index contributed by atoms with van der Waals surface area (Å²) in [5.74, 6) is -6.42. The summed E-state index contributed by atoms with van der Waals surface area (Å²) in [6, 6.07) is 1.24. The Bertz CT molecular complexity index is 1220. The maximum Gasteiger partial charge on any atom is 0.326 e. The van der Waals surface area contributed by atoms with Gasteiger partial charge in [-0.1, -0.05) is 33.8 Å². The van der Waals surface area contributed by atoms with E-state index in [0.717, 1.165) is 0 Å². The van der Waals surface area contributed by atoms with E-state index in [4.69, 9.17) is 48.5 Å². The molecular formula is C29H49N3O15P2. The van der Waals surface area contributed by atoms with Gasteiger partial charge in [0.15, 0.2) is 0 Å². The van der Waals surface area contributed by atoms with E-state index in [1.807, 2.05) is 0 Å². The maximum atomic E-state index is 12.6. The molecule has 0 aromatic carbocycles. The molecule has 1 heterocycles. The molecule has 0 bridgehead atoms. The van der Waals surface area contributed by atoms with Crippen molar-refractivity contribution >= 4 is 40.4 Å². The molecule has 1 aromatic rings. The van der Waals surface area contributed by atoms with Crippen LogP contribution in [0.1, 0.15) is 61.0 Å². The molecule has 0 amide bonds. The van der Waals surface area contributed by atoms with Crippen molar-refractivity contribution in [2.45, 2.75) is 79.9 Å². The third-order valence-corrected chi connectivity index (χ3v) is 8.28. The van der Waals surface area contributed by atoms with Crippen LogP contribution in [-0.2, 0) is 71.8 Å². The topological polar surface area (TPSA) is 261 Å². The zero-order valence-electron chi connectivity index (χ0n) is 28.9. The van der Waals surface area contributed by atoms with Crippen LogP contribution in [-0.4, -0.2) is 78.8 Å². The van der Waals surface area contributed by atoms with Gasteiger partial charge in [0.25, 0.3) is 5.97 Å². The average Bonchev–Trinajstić information content (AvgIpc) is 3.01. The molecule has 49 heavy (non-hydrogen) atoms. The number of aromatic nitrogens is 1. The molecule has 0 saturated heterocycles. The summed E-state index contributed by atoms with van der Waals surface area (Å²) < 4.78 is 65.1. The number of pyridine rings is 1. The number of ether oxygens (including phenoxy) is 4. The third kappa shape index (κ3) is 16.2. The highest BCUT2D eigenvalue weighted by Gasteiger charge is 2.37. The van der Waals surface area contributed by atoms with E-state index in [1.54, 1.807) is 27.7 Å². The lowest BCUT2D eigenvalue weighted by molar-refractivity contribution is -0.274. The fourth-order valence-corrected chi connectivity index (χ4v) is 4.44. The third-order valence-electron chi connectivity index (χ3n) is 6.61. The number of carbonyl (C=O) groups is 4. The fourth-order valence-electron chi connectivity index (χ4n) is 3.18. The van der Waals surface area contributed by atoms with E-state index in [9.17, 15) is 33.4 Å². The highest BCUT2D eigenvalue weighted by molar-refractivity contribution is 7.34. The second kappa shape index (κ2) is 20.2. The molecule has 4 atom stereocenters. The van der Waals surface area contributed by atoms with Gasteiger partial charge in [0.2, 0.25) is 13.6 Å². The smallest absolute Gasteiger partial charge is 0.326 e. The van der Waals surface area contributed by atoms with E-state index in [-0.39, 0.29) is 30.6 Å². The first kappa shape index (κ1) is 44.2. The van der Waals surface area contributed by atoms with Crippen molar-refractivity contribution in [2.24, 2.45) is 34.1 Å². The van der Waals surface area contributed by atoms with Gasteiger partial charge in [0, 0.05) is 12.4 Å².